The number of carbonyl (C=O) groups excluding carboxylic acids is 1. The number of hydrogen-bond donors (Lipinski definition) is 2. The topological polar surface area (TPSA) is 105 Å². The molecule has 2 aromatic heterocycles. The van der Waals surface area contributed by atoms with Crippen molar-refractivity contribution in [1.29, 1.82) is 0 Å². The third kappa shape index (κ3) is 4.72. The van der Waals surface area contributed by atoms with E-state index in [1.165, 1.54) is 18.3 Å². The standard InChI is InChI=1S/C19H22N4O4/c1-13-7-16(9-20-8-13)22-6-2-3-14(10-22)19(27)21-15-4-5-17(24)23(11-15)12-18(25)26/h4-5,7-9,11,14H,2-3,6,10,12H2,1H3,(H,21,27)(H,25,26)/t14-/m0/s1. The van der Waals surface area contributed by atoms with E-state index in [0.717, 1.165) is 35.2 Å². The van der Waals surface area contributed by atoms with Crippen molar-refractivity contribution in [3.05, 3.63) is 52.7 Å². The molecule has 27 heavy (non-hydrogen) atoms. The lowest BCUT2D eigenvalue weighted by molar-refractivity contribution is -0.137. The number of rotatable bonds is 5. The van der Waals surface area contributed by atoms with Gasteiger partial charge in [0, 0.05) is 31.5 Å². The minimum Gasteiger partial charge on any atom is -0.480 e. The Morgan fingerprint density at radius 3 is 2.89 bits per heavy atom. The van der Waals surface area contributed by atoms with Gasteiger partial charge in [-0.3, -0.25) is 19.4 Å². The summed E-state index contributed by atoms with van der Waals surface area (Å²) in [5, 5.41) is 11.7. The van der Waals surface area contributed by atoms with Gasteiger partial charge in [-0.2, -0.15) is 0 Å². The number of aliphatic carboxylic acids is 1. The molecular formula is C19H22N4O4. The zero-order chi connectivity index (χ0) is 19.4. The Morgan fingerprint density at radius 1 is 1.33 bits per heavy atom. The molecule has 0 bridgehead atoms. The molecule has 3 rings (SSSR count). The fourth-order valence-electron chi connectivity index (χ4n) is 3.26. The summed E-state index contributed by atoms with van der Waals surface area (Å²) in [6, 6.07) is 4.79. The van der Waals surface area contributed by atoms with Crippen molar-refractivity contribution in [3.63, 3.8) is 0 Å². The second-order valence-corrected chi connectivity index (χ2v) is 6.77. The van der Waals surface area contributed by atoms with Crippen LogP contribution in [0.25, 0.3) is 0 Å². The van der Waals surface area contributed by atoms with Crippen LogP contribution in [0.5, 0.6) is 0 Å². The minimum absolute atomic E-state index is 0.138. The largest absolute Gasteiger partial charge is 0.480 e. The molecule has 1 saturated heterocycles. The van der Waals surface area contributed by atoms with Gasteiger partial charge in [0.05, 0.1) is 23.5 Å². The van der Waals surface area contributed by atoms with Crippen LogP contribution in [-0.4, -0.2) is 39.6 Å². The molecule has 0 aromatic carbocycles. The summed E-state index contributed by atoms with van der Waals surface area (Å²) in [5.41, 5.74) is 2.06. The fourth-order valence-corrected chi connectivity index (χ4v) is 3.26. The Labute approximate surface area is 156 Å². The molecule has 0 unspecified atom stereocenters. The molecule has 8 nitrogen and oxygen atoms in total. The Morgan fingerprint density at radius 2 is 2.15 bits per heavy atom. The van der Waals surface area contributed by atoms with Crippen molar-refractivity contribution in [1.82, 2.24) is 9.55 Å². The third-order valence-corrected chi connectivity index (χ3v) is 4.57. The maximum absolute atomic E-state index is 12.7. The number of nitrogens with one attached hydrogen (secondary N) is 1. The molecule has 2 N–H and O–H groups in total. The fraction of sp³-hybridized carbons (Fsp3) is 0.368. The normalized spacial score (nSPS) is 16.8. The molecular weight excluding hydrogens is 348 g/mol. The summed E-state index contributed by atoms with van der Waals surface area (Å²) in [6.07, 6.45) is 6.62. The highest BCUT2D eigenvalue weighted by atomic mass is 16.4. The highest BCUT2D eigenvalue weighted by molar-refractivity contribution is 5.93. The molecule has 2 aromatic rings. The SMILES string of the molecule is Cc1cncc(N2CCC[C@H](C(=O)Nc3ccc(=O)n(CC(=O)O)c3)C2)c1. The van der Waals surface area contributed by atoms with Crippen molar-refractivity contribution in [2.45, 2.75) is 26.3 Å². The molecule has 0 saturated carbocycles. The maximum Gasteiger partial charge on any atom is 0.323 e. The summed E-state index contributed by atoms with van der Waals surface area (Å²) in [4.78, 5) is 41.6. The van der Waals surface area contributed by atoms with Crippen molar-refractivity contribution < 1.29 is 14.7 Å². The van der Waals surface area contributed by atoms with E-state index in [4.69, 9.17) is 5.11 Å². The number of carboxylic acid groups (broad SMARTS) is 1. The first-order valence-electron chi connectivity index (χ1n) is 8.82. The van der Waals surface area contributed by atoms with Crippen LogP contribution in [-0.2, 0) is 16.1 Å². The van der Waals surface area contributed by atoms with Crippen molar-refractivity contribution >= 4 is 23.3 Å². The monoisotopic (exact) mass is 370 g/mol. The van der Waals surface area contributed by atoms with Crippen LogP contribution < -0.4 is 15.8 Å². The van der Waals surface area contributed by atoms with Crippen LogP contribution >= 0.6 is 0 Å². The van der Waals surface area contributed by atoms with E-state index in [2.05, 4.69) is 21.3 Å². The van der Waals surface area contributed by atoms with Crippen LogP contribution in [0.1, 0.15) is 18.4 Å². The van der Waals surface area contributed by atoms with Crippen LogP contribution in [0.3, 0.4) is 0 Å². The zero-order valence-electron chi connectivity index (χ0n) is 15.1. The van der Waals surface area contributed by atoms with Crippen LogP contribution in [0.4, 0.5) is 11.4 Å². The highest BCUT2D eigenvalue weighted by Crippen LogP contribution is 2.24. The van der Waals surface area contributed by atoms with E-state index < -0.39 is 18.1 Å². The second-order valence-electron chi connectivity index (χ2n) is 6.77. The summed E-state index contributed by atoms with van der Waals surface area (Å²) < 4.78 is 1.06. The number of amides is 1. The number of nitrogens with zero attached hydrogens (tertiary/aromatic N) is 3. The lowest BCUT2D eigenvalue weighted by Gasteiger charge is -2.33. The van der Waals surface area contributed by atoms with Crippen molar-refractivity contribution in [2.75, 3.05) is 23.3 Å². The van der Waals surface area contributed by atoms with Gasteiger partial charge < -0.3 is 19.9 Å². The predicted molar refractivity (Wildman–Crippen MR) is 101 cm³/mol. The number of piperidine rings is 1. The van der Waals surface area contributed by atoms with E-state index in [9.17, 15) is 14.4 Å². The smallest absolute Gasteiger partial charge is 0.323 e. The summed E-state index contributed by atoms with van der Waals surface area (Å²) in [5.74, 6) is -1.45. The van der Waals surface area contributed by atoms with Gasteiger partial charge >= 0.3 is 5.97 Å². The van der Waals surface area contributed by atoms with Crippen molar-refractivity contribution in [2.24, 2.45) is 5.92 Å². The van der Waals surface area contributed by atoms with Crippen LogP contribution in [0.15, 0.2) is 41.6 Å². The summed E-state index contributed by atoms with van der Waals surface area (Å²) in [7, 11) is 0. The van der Waals surface area contributed by atoms with E-state index in [0.29, 0.717) is 12.2 Å². The average Bonchev–Trinajstić information content (AvgIpc) is 2.64. The molecule has 0 radical (unpaired) electrons. The van der Waals surface area contributed by atoms with Gasteiger partial charge in [-0.25, -0.2) is 0 Å². The van der Waals surface area contributed by atoms with Gasteiger partial charge in [-0.1, -0.05) is 0 Å². The lowest BCUT2D eigenvalue weighted by Crippen LogP contribution is -2.41. The van der Waals surface area contributed by atoms with E-state index in [-0.39, 0.29) is 11.8 Å². The molecule has 3 heterocycles. The molecule has 142 valence electrons. The number of anilines is 2. The van der Waals surface area contributed by atoms with Gasteiger partial charge in [-0.05, 0) is 37.5 Å². The number of carbonyl (C=O) groups is 2. The Balaban J connectivity index is 1.69. The molecule has 8 heteroatoms. The van der Waals surface area contributed by atoms with Gasteiger partial charge in [0.1, 0.15) is 6.54 Å². The van der Waals surface area contributed by atoms with Gasteiger partial charge in [0.2, 0.25) is 5.91 Å². The molecule has 1 fully saturated rings. The molecule has 1 atom stereocenters. The average molecular weight is 370 g/mol. The Bertz CT molecular complexity index is 909. The quantitative estimate of drug-likeness (QED) is 0.826. The Kier molecular flexibility index (Phi) is 5.54. The van der Waals surface area contributed by atoms with Gasteiger partial charge in [-0.15, -0.1) is 0 Å². The van der Waals surface area contributed by atoms with E-state index >= 15 is 0 Å². The van der Waals surface area contributed by atoms with Gasteiger partial charge in [0.25, 0.3) is 5.56 Å². The molecule has 1 amide bonds. The summed E-state index contributed by atoms with van der Waals surface area (Å²) >= 11 is 0. The maximum atomic E-state index is 12.7. The highest BCUT2D eigenvalue weighted by Gasteiger charge is 2.26. The third-order valence-electron chi connectivity index (χ3n) is 4.57. The number of aryl methyl sites for hydroxylation is 1. The minimum atomic E-state index is -1.12. The number of hydrogen-bond acceptors (Lipinski definition) is 5. The molecule has 0 spiro atoms. The molecule has 0 aliphatic carbocycles. The zero-order valence-corrected chi connectivity index (χ0v) is 15.1. The number of pyridine rings is 2. The first-order valence-corrected chi connectivity index (χ1v) is 8.82. The van der Waals surface area contributed by atoms with E-state index in [1.54, 1.807) is 12.4 Å². The lowest BCUT2D eigenvalue weighted by atomic mass is 9.96. The van der Waals surface area contributed by atoms with E-state index in [1.807, 2.05) is 6.92 Å². The first kappa shape index (κ1) is 18.6. The second kappa shape index (κ2) is 8.03. The molecule has 1 aliphatic rings. The Hall–Kier alpha value is -3.16. The van der Waals surface area contributed by atoms with Crippen molar-refractivity contribution in [3.8, 4) is 0 Å². The first-order chi connectivity index (χ1) is 12.9. The van der Waals surface area contributed by atoms with Crippen LogP contribution in [0, 0.1) is 12.8 Å². The number of aromatic nitrogens is 2. The summed E-state index contributed by atoms with van der Waals surface area (Å²) in [6.45, 7) is 3.00. The van der Waals surface area contributed by atoms with Gasteiger partial charge in [0.15, 0.2) is 0 Å². The van der Waals surface area contributed by atoms with Crippen LogP contribution in [0.2, 0.25) is 0 Å². The molecule has 1 aliphatic heterocycles. The number of carboxylic acids is 1. The predicted octanol–water partition coefficient (Wildman–Crippen LogP) is 1.49.